The summed E-state index contributed by atoms with van der Waals surface area (Å²) in [6.07, 6.45) is 4.69. The molecule has 94 valence electrons. The summed E-state index contributed by atoms with van der Waals surface area (Å²) in [5, 5.41) is 3.17. The van der Waals surface area contributed by atoms with Crippen LogP contribution in [-0.4, -0.2) is 19.7 Å². The third-order valence-corrected chi connectivity index (χ3v) is 3.59. The number of nitrogens with zero attached hydrogens (tertiary/aromatic N) is 1. The molecule has 18 heavy (non-hydrogen) atoms. The van der Waals surface area contributed by atoms with E-state index in [1.54, 1.807) is 30.6 Å². The second-order valence-corrected chi connectivity index (χ2v) is 6.03. The zero-order chi connectivity index (χ0) is 13.0. The Morgan fingerprint density at radius 2 is 2.06 bits per heavy atom. The van der Waals surface area contributed by atoms with Gasteiger partial charge in [-0.25, -0.2) is 8.42 Å². The van der Waals surface area contributed by atoms with E-state index in [-0.39, 0.29) is 0 Å². The van der Waals surface area contributed by atoms with E-state index in [2.05, 4.69) is 10.3 Å². The largest absolute Gasteiger partial charge is 0.381 e. The molecule has 0 amide bonds. The van der Waals surface area contributed by atoms with Crippen molar-refractivity contribution in [2.45, 2.75) is 11.4 Å². The van der Waals surface area contributed by atoms with Crippen molar-refractivity contribution in [2.24, 2.45) is 0 Å². The summed E-state index contributed by atoms with van der Waals surface area (Å²) in [7, 11) is -3.16. The van der Waals surface area contributed by atoms with Gasteiger partial charge in [0.15, 0.2) is 9.84 Å². The number of benzene rings is 1. The van der Waals surface area contributed by atoms with Gasteiger partial charge in [-0.1, -0.05) is 12.1 Å². The van der Waals surface area contributed by atoms with Crippen molar-refractivity contribution in [1.82, 2.24) is 4.98 Å². The number of anilines is 1. The lowest BCUT2D eigenvalue weighted by Crippen LogP contribution is -2.02. The average Bonchev–Trinajstić information content (AvgIpc) is 2.37. The Kier molecular flexibility index (Phi) is 3.62. The molecular formula is C13H14N2O2S. The first-order valence-corrected chi connectivity index (χ1v) is 7.38. The van der Waals surface area contributed by atoms with Gasteiger partial charge in [0.05, 0.1) is 4.90 Å². The standard InChI is InChI=1S/C13H14N2O2S/c1-18(16,17)13-6-2-5-12(8-13)15-10-11-4-3-7-14-9-11/h2-9,15H,10H2,1H3. The lowest BCUT2D eigenvalue weighted by molar-refractivity contribution is 0.602. The van der Waals surface area contributed by atoms with E-state index < -0.39 is 9.84 Å². The Morgan fingerprint density at radius 1 is 1.22 bits per heavy atom. The zero-order valence-electron chi connectivity index (χ0n) is 10.00. The van der Waals surface area contributed by atoms with Crippen molar-refractivity contribution < 1.29 is 8.42 Å². The van der Waals surface area contributed by atoms with E-state index >= 15 is 0 Å². The monoisotopic (exact) mass is 262 g/mol. The second kappa shape index (κ2) is 5.18. The van der Waals surface area contributed by atoms with E-state index in [1.807, 2.05) is 18.2 Å². The minimum absolute atomic E-state index is 0.318. The third kappa shape index (κ3) is 3.30. The van der Waals surface area contributed by atoms with Crippen LogP contribution in [0.4, 0.5) is 5.69 Å². The maximum absolute atomic E-state index is 11.4. The maximum Gasteiger partial charge on any atom is 0.175 e. The normalized spacial score (nSPS) is 11.2. The topological polar surface area (TPSA) is 59.1 Å². The van der Waals surface area contributed by atoms with Crippen LogP contribution >= 0.6 is 0 Å². The van der Waals surface area contributed by atoms with Crippen LogP contribution in [0.5, 0.6) is 0 Å². The van der Waals surface area contributed by atoms with Crippen LogP contribution in [-0.2, 0) is 16.4 Å². The van der Waals surface area contributed by atoms with Crippen LogP contribution in [0.2, 0.25) is 0 Å². The molecule has 0 aliphatic rings. The molecule has 0 unspecified atom stereocenters. The Bertz CT molecular complexity index is 624. The molecule has 1 aromatic heterocycles. The molecule has 0 atom stereocenters. The Morgan fingerprint density at radius 3 is 2.72 bits per heavy atom. The fourth-order valence-corrected chi connectivity index (χ4v) is 2.21. The quantitative estimate of drug-likeness (QED) is 0.916. The van der Waals surface area contributed by atoms with E-state index in [4.69, 9.17) is 0 Å². The van der Waals surface area contributed by atoms with E-state index in [0.29, 0.717) is 11.4 Å². The Hall–Kier alpha value is -1.88. The number of pyridine rings is 1. The lowest BCUT2D eigenvalue weighted by Gasteiger charge is -2.07. The van der Waals surface area contributed by atoms with Crippen molar-refractivity contribution in [3.8, 4) is 0 Å². The highest BCUT2D eigenvalue weighted by molar-refractivity contribution is 7.90. The number of nitrogens with one attached hydrogen (secondary N) is 1. The zero-order valence-corrected chi connectivity index (χ0v) is 10.8. The third-order valence-electron chi connectivity index (χ3n) is 2.48. The molecule has 5 heteroatoms. The molecule has 0 bridgehead atoms. The fourth-order valence-electron chi connectivity index (χ4n) is 1.54. The first kappa shape index (κ1) is 12.6. The van der Waals surface area contributed by atoms with Crippen LogP contribution in [0.3, 0.4) is 0 Å². The van der Waals surface area contributed by atoms with Crippen molar-refractivity contribution in [2.75, 3.05) is 11.6 Å². The molecule has 2 rings (SSSR count). The summed E-state index contributed by atoms with van der Waals surface area (Å²) in [5.74, 6) is 0. The highest BCUT2D eigenvalue weighted by Crippen LogP contribution is 2.15. The molecule has 0 saturated carbocycles. The summed E-state index contributed by atoms with van der Waals surface area (Å²) in [6, 6.07) is 10.6. The maximum atomic E-state index is 11.4. The van der Waals surface area contributed by atoms with Crippen LogP contribution < -0.4 is 5.32 Å². The minimum atomic E-state index is -3.16. The second-order valence-electron chi connectivity index (χ2n) is 4.01. The molecule has 1 aromatic carbocycles. The molecule has 0 aliphatic carbocycles. The number of sulfone groups is 1. The predicted molar refractivity (Wildman–Crippen MR) is 71.1 cm³/mol. The van der Waals surface area contributed by atoms with Crippen molar-refractivity contribution >= 4 is 15.5 Å². The summed E-state index contributed by atoms with van der Waals surface area (Å²) < 4.78 is 22.8. The molecule has 0 fully saturated rings. The molecule has 0 radical (unpaired) electrons. The van der Waals surface area contributed by atoms with Crippen LogP contribution in [0.1, 0.15) is 5.56 Å². The van der Waals surface area contributed by atoms with Crippen molar-refractivity contribution in [3.05, 3.63) is 54.4 Å². The van der Waals surface area contributed by atoms with Gasteiger partial charge < -0.3 is 5.32 Å². The SMILES string of the molecule is CS(=O)(=O)c1cccc(NCc2cccnc2)c1. The van der Waals surface area contributed by atoms with Crippen LogP contribution in [0.25, 0.3) is 0 Å². The Balaban J connectivity index is 2.11. The van der Waals surface area contributed by atoms with Gasteiger partial charge in [-0.05, 0) is 29.8 Å². The number of aromatic nitrogens is 1. The Labute approximate surface area is 107 Å². The summed E-state index contributed by atoms with van der Waals surface area (Å²) in [4.78, 5) is 4.34. The van der Waals surface area contributed by atoms with Gasteiger partial charge >= 0.3 is 0 Å². The molecule has 1 heterocycles. The van der Waals surface area contributed by atoms with Gasteiger partial charge in [-0.3, -0.25) is 4.98 Å². The van der Waals surface area contributed by atoms with Crippen molar-refractivity contribution in [1.29, 1.82) is 0 Å². The molecule has 0 saturated heterocycles. The number of rotatable bonds is 4. The van der Waals surface area contributed by atoms with E-state index in [1.165, 1.54) is 6.26 Å². The molecular weight excluding hydrogens is 248 g/mol. The van der Waals surface area contributed by atoms with Gasteiger partial charge in [0.25, 0.3) is 0 Å². The van der Waals surface area contributed by atoms with Gasteiger partial charge in [0, 0.05) is 30.9 Å². The van der Waals surface area contributed by atoms with Gasteiger partial charge in [0.1, 0.15) is 0 Å². The molecule has 2 aromatic rings. The van der Waals surface area contributed by atoms with Crippen molar-refractivity contribution in [3.63, 3.8) is 0 Å². The van der Waals surface area contributed by atoms with Gasteiger partial charge in [-0.15, -0.1) is 0 Å². The summed E-state index contributed by atoms with van der Waals surface area (Å²) >= 11 is 0. The number of hydrogen-bond donors (Lipinski definition) is 1. The molecule has 1 N–H and O–H groups in total. The molecule has 0 spiro atoms. The predicted octanol–water partition coefficient (Wildman–Crippen LogP) is 2.10. The summed E-state index contributed by atoms with van der Waals surface area (Å²) in [6.45, 7) is 0.612. The number of hydrogen-bond acceptors (Lipinski definition) is 4. The van der Waals surface area contributed by atoms with Crippen LogP contribution in [0.15, 0.2) is 53.7 Å². The van der Waals surface area contributed by atoms with E-state index in [0.717, 1.165) is 11.3 Å². The lowest BCUT2D eigenvalue weighted by atomic mass is 10.2. The highest BCUT2D eigenvalue weighted by atomic mass is 32.2. The summed E-state index contributed by atoms with van der Waals surface area (Å²) in [5.41, 5.74) is 1.82. The van der Waals surface area contributed by atoms with Gasteiger partial charge in [-0.2, -0.15) is 0 Å². The average molecular weight is 262 g/mol. The first-order valence-electron chi connectivity index (χ1n) is 5.48. The highest BCUT2D eigenvalue weighted by Gasteiger charge is 2.06. The minimum Gasteiger partial charge on any atom is -0.381 e. The molecule has 0 aliphatic heterocycles. The van der Waals surface area contributed by atoms with Gasteiger partial charge in [0.2, 0.25) is 0 Å². The van der Waals surface area contributed by atoms with E-state index in [9.17, 15) is 8.42 Å². The van der Waals surface area contributed by atoms with Crippen LogP contribution in [0, 0.1) is 0 Å². The fraction of sp³-hybridized carbons (Fsp3) is 0.154. The molecule has 4 nitrogen and oxygen atoms in total. The smallest absolute Gasteiger partial charge is 0.175 e. The first-order chi connectivity index (χ1) is 8.55.